The highest BCUT2D eigenvalue weighted by Crippen LogP contribution is 2.54. The number of halogens is 3. The third-order valence-electron chi connectivity index (χ3n) is 6.79. The second kappa shape index (κ2) is 10.6. The summed E-state index contributed by atoms with van der Waals surface area (Å²) >= 11 is 11.6. The molecule has 7 nitrogen and oxygen atoms in total. The summed E-state index contributed by atoms with van der Waals surface area (Å²) in [5.41, 5.74) is 1.59. The van der Waals surface area contributed by atoms with E-state index in [0.29, 0.717) is 26.3 Å². The van der Waals surface area contributed by atoms with E-state index >= 15 is 0 Å². The highest BCUT2D eigenvalue weighted by atomic mass is 79.9. The standard InChI is InChI=1S/C28H18BrClFN3O4S2/c29-15-3-11-19(12-4-15)34-25(36)22-21(14-1-5-16(30)6-2-14)24-27(39-23(22)26(34)37)33(28(38)40-24)13-20(35)32-18-9-7-17(31)8-10-18/h1-12,21-23H,13H2,(H,32,35)/t21-,22-,23+/m0/s1. The van der Waals surface area contributed by atoms with Gasteiger partial charge in [0.25, 0.3) is 0 Å². The largest absolute Gasteiger partial charge is 0.325 e. The lowest BCUT2D eigenvalue weighted by molar-refractivity contribution is -0.122. The van der Waals surface area contributed by atoms with Crippen molar-refractivity contribution in [2.45, 2.75) is 22.7 Å². The van der Waals surface area contributed by atoms with Crippen LogP contribution in [-0.2, 0) is 20.9 Å². The Morgan fingerprint density at radius 1 is 0.950 bits per heavy atom. The van der Waals surface area contributed by atoms with Crippen LogP contribution in [0.4, 0.5) is 15.8 Å². The highest BCUT2D eigenvalue weighted by molar-refractivity contribution is 9.10. The van der Waals surface area contributed by atoms with Crippen molar-refractivity contribution in [3.63, 3.8) is 0 Å². The number of thiazole rings is 1. The summed E-state index contributed by atoms with van der Waals surface area (Å²) in [6, 6.07) is 19.2. The van der Waals surface area contributed by atoms with E-state index in [-0.39, 0.29) is 23.2 Å². The highest BCUT2D eigenvalue weighted by Gasteiger charge is 2.56. The zero-order valence-corrected chi connectivity index (χ0v) is 24.3. The molecule has 1 fully saturated rings. The molecule has 0 saturated carbocycles. The molecule has 40 heavy (non-hydrogen) atoms. The molecule has 202 valence electrons. The molecule has 6 rings (SSSR count). The topological polar surface area (TPSA) is 88.5 Å². The van der Waals surface area contributed by atoms with E-state index in [4.69, 9.17) is 11.6 Å². The average molecular weight is 659 g/mol. The number of benzene rings is 3. The molecule has 3 atom stereocenters. The number of hydrogen-bond donors (Lipinski definition) is 1. The fraction of sp³-hybridized carbons (Fsp3) is 0.143. The van der Waals surface area contributed by atoms with Crippen LogP contribution in [0.25, 0.3) is 0 Å². The summed E-state index contributed by atoms with van der Waals surface area (Å²) in [4.78, 5) is 55.1. The van der Waals surface area contributed by atoms with Gasteiger partial charge in [-0.1, -0.05) is 62.8 Å². The quantitative estimate of drug-likeness (QED) is 0.270. The molecule has 4 aromatic rings. The summed E-state index contributed by atoms with van der Waals surface area (Å²) in [6.45, 7) is -0.307. The van der Waals surface area contributed by atoms with Crippen LogP contribution in [-0.4, -0.2) is 27.5 Å². The van der Waals surface area contributed by atoms with Crippen molar-refractivity contribution in [2.75, 3.05) is 10.2 Å². The first-order chi connectivity index (χ1) is 19.2. The van der Waals surface area contributed by atoms with Gasteiger partial charge in [-0.2, -0.15) is 0 Å². The normalized spacial score (nSPS) is 19.9. The molecule has 2 aliphatic heterocycles. The Hall–Kier alpha value is -3.25. The molecule has 0 unspecified atom stereocenters. The Morgan fingerprint density at radius 2 is 1.62 bits per heavy atom. The van der Waals surface area contributed by atoms with E-state index < -0.39 is 28.8 Å². The van der Waals surface area contributed by atoms with Crippen molar-refractivity contribution >= 4 is 79.7 Å². The van der Waals surface area contributed by atoms with Crippen LogP contribution < -0.4 is 15.1 Å². The predicted octanol–water partition coefficient (Wildman–Crippen LogP) is 5.90. The van der Waals surface area contributed by atoms with Crippen molar-refractivity contribution in [2.24, 2.45) is 5.92 Å². The van der Waals surface area contributed by atoms with Crippen LogP contribution in [0.15, 0.2) is 87.1 Å². The van der Waals surface area contributed by atoms with Crippen LogP contribution in [0, 0.1) is 11.7 Å². The Kier molecular flexibility index (Phi) is 7.16. The van der Waals surface area contributed by atoms with Crippen LogP contribution >= 0.6 is 50.6 Å². The van der Waals surface area contributed by atoms with Gasteiger partial charge in [0.2, 0.25) is 17.7 Å². The summed E-state index contributed by atoms with van der Waals surface area (Å²) in [5.74, 6) is -2.99. The number of carbonyl (C=O) groups excluding carboxylic acids is 3. The van der Waals surface area contributed by atoms with Gasteiger partial charge < -0.3 is 5.32 Å². The molecule has 3 aromatic carbocycles. The van der Waals surface area contributed by atoms with E-state index in [2.05, 4.69) is 21.2 Å². The predicted molar refractivity (Wildman–Crippen MR) is 157 cm³/mol. The lowest BCUT2D eigenvalue weighted by Gasteiger charge is -2.30. The Morgan fingerprint density at radius 3 is 2.30 bits per heavy atom. The molecule has 1 saturated heterocycles. The van der Waals surface area contributed by atoms with E-state index in [9.17, 15) is 23.6 Å². The second-order valence-electron chi connectivity index (χ2n) is 9.26. The zero-order chi connectivity index (χ0) is 28.1. The Balaban J connectivity index is 1.40. The summed E-state index contributed by atoms with van der Waals surface area (Å²) in [5, 5.41) is 2.86. The number of thioether (sulfide) groups is 1. The molecular formula is C28H18BrClFN3O4S2. The fourth-order valence-corrected chi connectivity index (χ4v) is 8.17. The molecular weight excluding hydrogens is 641 g/mol. The van der Waals surface area contributed by atoms with E-state index in [1.54, 1.807) is 48.5 Å². The number of amides is 3. The third kappa shape index (κ3) is 4.81. The van der Waals surface area contributed by atoms with Crippen LogP contribution in [0.5, 0.6) is 0 Å². The third-order valence-corrected chi connectivity index (χ3v) is 10.2. The number of hydrogen-bond acceptors (Lipinski definition) is 6. The molecule has 3 heterocycles. The van der Waals surface area contributed by atoms with E-state index in [1.165, 1.54) is 33.7 Å². The molecule has 0 radical (unpaired) electrons. The molecule has 3 amide bonds. The van der Waals surface area contributed by atoms with Crippen molar-refractivity contribution < 1.29 is 18.8 Å². The zero-order valence-electron chi connectivity index (χ0n) is 20.3. The van der Waals surface area contributed by atoms with Gasteiger partial charge >= 0.3 is 4.87 Å². The smallest absolute Gasteiger partial charge is 0.308 e. The van der Waals surface area contributed by atoms with Gasteiger partial charge in [-0.3, -0.25) is 23.7 Å². The van der Waals surface area contributed by atoms with Crippen molar-refractivity contribution in [3.8, 4) is 0 Å². The first-order valence-electron chi connectivity index (χ1n) is 12.1. The maximum absolute atomic E-state index is 13.9. The number of fused-ring (bicyclic) bond motifs is 2. The first-order valence-corrected chi connectivity index (χ1v) is 14.9. The van der Waals surface area contributed by atoms with Gasteiger partial charge in [0, 0.05) is 26.0 Å². The number of rotatable bonds is 5. The van der Waals surface area contributed by atoms with E-state index in [1.807, 2.05) is 0 Å². The number of nitrogens with zero attached hydrogens (tertiary/aromatic N) is 2. The number of carbonyl (C=O) groups is 3. The van der Waals surface area contributed by atoms with Gasteiger partial charge in [-0.25, -0.2) is 9.29 Å². The minimum absolute atomic E-state index is 0.307. The molecule has 1 aromatic heterocycles. The SMILES string of the molecule is O=C(Cn1c2c(sc1=O)[C@@H](c1ccc(Cl)cc1)[C@@H]1C(=O)N(c3ccc(Br)cc3)C(=O)[C@@H]1S2)Nc1ccc(F)cc1. The summed E-state index contributed by atoms with van der Waals surface area (Å²) in [6.07, 6.45) is 0. The van der Waals surface area contributed by atoms with Crippen LogP contribution in [0.1, 0.15) is 16.4 Å². The van der Waals surface area contributed by atoms with Crippen LogP contribution in [0.2, 0.25) is 5.02 Å². The summed E-state index contributed by atoms with van der Waals surface area (Å²) in [7, 11) is 0. The fourth-order valence-electron chi connectivity index (χ4n) is 5.01. The molecule has 12 heteroatoms. The van der Waals surface area contributed by atoms with Gasteiger partial charge in [-0.05, 0) is 66.2 Å². The molecule has 2 aliphatic rings. The molecule has 0 aliphatic carbocycles. The van der Waals surface area contributed by atoms with Gasteiger partial charge in [0.15, 0.2) is 0 Å². The van der Waals surface area contributed by atoms with Gasteiger partial charge in [-0.15, -0.1) is 0 Å². The molecule has 0 spiro atoms. The molecule has 1 N–H and O–H groups in total. The number of imide groups is 1. The number of aromatic nitrogens is 1. The lowest BCUT2D eigenvalue weighted by atomic mass is 9.83. The maximum Gasteiger partial charge on any atom is 0.308 e. The minimum Gasteiger partial charge on any atom is -0.325 e. The maximum atomic E-state index is 13.9. The Bertz CT molecular complexity index is 1710. The number of nitrogens with one attached hydrogen (secondary N) is 1. The van der Waals surface area contributed by atoms with E-state index in [0.717, 1.165) is 33.1 Å². The van der Waals surface area contributed by atoms with Crippen molar-refractivity contribution in [1.82, 2.24) is 4.57 Å². The first kappa shape index (κ1) is 26.9. The summed E-state index contributed by atoms with van der Waals surface area (Å²) < 4.78 is 15.4. The van der Waals surface area contributed by atoms with Crippen molar-refractivity contribution in [1.29, 1.82) is 0 Å². The van der Waals surface area contributed by atoms with Gasteiger partial charge in [0.05, 0.1) is 16.6 Å². The monoisotopic (exact) mass is 657 g/mol. The van der Waals surface area contributed by atoms with Gasteiger partial charge in [0.1, 0.15) is 17.6 Å². The Labute approximate surface area is 249 Å². The second-order valence-corrected chi connectivity index (χ2v) is 12.7. The lowest BCUT2D eigenvalue weighted by Crippen LogP contribution is -2.33. The average Bonchev–Trinajstić information content (AvgIpc) is 3.37. The molecule has 0 bridgehead atoms. The van der Waals surface area contributed by atoms with Crippen molar-refractivity contribution in [3.05, 3.63) is 108 Å². The van der Waals surface area contributed by atoms with Crippen LogP contribution in [0.3, 0.4) is 0 Å². The number of anilines is 2. The minimum atomic E-state index is -0.801.